The van der Waals surface area contributed by atoms with E-state index in [0.29, 0.717) is 0 Å². The van der Waals surface area contributed by atoms with Gasteiger partial charge in [-0.1, -0.05) is 90.6 Å². The molecule has 0 N–H and O–H groups in total. The summed E-state index contributed by atoms with van der Waals surface area (Å²) in [6.45, 7) is 18.5. The molecule has 1 aromatic rings. The number of benzene rings is 1. The molecule has 0 atom stereocenters. The van der Waals surface area contributed by atoms with Gasteiger partial charge in [-0.25, -0.2) is 0 Å². The van der Waals surface area contributed by atoms with E-state index in [1.165, 1.54) is 22.3 Å². The molecule has 0 heteroatoms. The van der Waals surface area contributed by atoms with Gasteiger partial charge in [0.2, 0.25) is 0 Å². The largest absolute Gasteiger partial charge is 0.0987 e. The van der Waals surface area contributed by atoms with Gasteiger partial charge >= 0.3 is 0 Å². The van der Waals surface area contributed by atoms with Crippen LogP contribution in [-0.4, -0.2) is 0 Å². The zero-order valence-corrected chi connectivity index (χ0v) is 14.2. The summed E-state index contributed by atoms with van der Waals surface area (Å²) in [7, 11) is 0. The lowest BCUT2D eigenvalue weighted by molar-refractivity contribution is 0.654. The van der Waals surface area contributed by atoms with Gasteiger partial charge in [0.05, 0.1) is 0 Å². The van der Waals surface area contributed by atoms with Crippen molar-refractivity contribution in [2.75, 3.05) is 0 Å². The normalized spacial score (nSPS) is 14.9. The molecule has 1 aromatic carbocycles. The van der Waals surface area contributed by atoms with Crippen LogP contribution in [-0.2, 0) is 5.41 Å². The smallest absolute Gasteiger partial charge is 0.0158 e. The van der Waals surface area contributed by atoms with Gasteiger partial charge in [-0.15, -0.1) is 0 Å². The molecule has 0 bridgehead atoms. The van der Waals surface area contributed by atoms with Crippen molar-refractivity contribution in [1.82, 2.24) is 0 Å². The summed E-state index contributed by atoms with van der Waals surface area (Å²) in [5, 5.41) is 0. The number of hydrogen-bond acceptors (Lipinski definition) is 0. The third-order valence-electron chi connectivity index (χ3n) is 3.39. The molecule has 0 radical (unpaired) electrons. The highest BCUT2D eigenvalue weighted by Crippen LogP contribution is 2.46. The van der Waals surface area contributed by atoms with E-state index < -0.39 is 0 Å². The Morgan fingerprint density at radius 2 is 1.55 bits per heavy atom. The summed E-state index contributed by atoms with van der Waals surface area (Å²) in [5.74, 6) is 0. The molecule has 0 nitrogen and oxygen atoms in total. The van der Waals surface area contributed by atoms with Gasteiger partial charge in [0, 0.05) is 5.41 Å². The van der Waals surface area contributed by atoms with Gasteiger partial charge in [0.15, 0.2) is 0 Å². The van der Waals surface area contributed by atoms with Gasteiger partial charge in [0.1, 0.15) is 0 Å². The first kappa shape index (κ1) is 18.4. The van der Waals surface area contributed by atoms with Gasteiger partial charge in [-0.3, -0.25) is 0 Å². The Bertz CT molecular complexity index is 485. The molecular formula is C20H30. The minimum absolute atomic E-state index is 0.0766. The van der Waals surface area contributed by atoms with E-state index in [4.69, 9.17) is 0 Å². The SMILES string of the molecule is C=CC1=C(/C=C\C)c2ccccc2C1(C)C.CC.CC. The molecule has 0 amide bonds. The van der Waals surface area contributed by atoms with Crippen molar-refractivity contribution in [1.29, 1.82) is 0 Å². The van der Waals surface area contributed by atoms with E-state index in [2.05, 4.69) is 63.8 Å². The van der Waals surface area contributed by atoms with E-state index in [1.807, 2.05) is 33.8 Å². The van der Waals surface area contributed by atoms with Crippen molar-refractivity contribution in [2.24, 2.45) is 0 Å². The van der Waals surface area contributed by atoms with Gasteiger partial charge in [-0.05, 0) is 29.2 Å². The Hall–Kier alpha value is -1.56. The monoisotopic (exact) mass is 270 g/mol. The highest BCUT2D eigenvalue weighted by atomic mass is 14.4. The topological polar surface area (TPSA) is 0 Å². The highest BCUT2D eigenvalue weighted by molar-refractivity contribution is 5.87. The third kappa shape index (κ3) is 3.30. The molecule has 0 aliphatic heterocycles. The van der Waals surface area contributed by atoms with Gasteiger partial charge < -0.3 is 0 Å². The second kappa shape index (κ2) is 8.58. The van der Waals surface area contributed by atoms with Crippen LogP contribution >= 0.6 is 0 Å². The van der Waals surface area contributed by atoms with E-state index in [-0.39, 0.29) is 5.41 Å². The van der Waals surface area contributed by atoms with Crippen molar-refractivity contribution in [3.05, 3.63) is 65.8 Å². The molecule has 1 aliphatic rings. The number of fused-ring (bicyclic) bond motifs is 1. The van der Waals surface area contributed by atoms with Gasteiger partial charge in [-0.2, -0.15) is 0 Å². The molecule has 0 unspecified atom stereocenters. The zero-order chi connectivity index (χ0) is 15.8. The van der Waals surface area contributed by atoms with Crippen molar-refractivity contribution < 1.29 is 0 Å². The van der Waals surface area contributed by atoms with Crippen molar-refractivity contribution >= 4 is 5.57 Å². The number of rotatable bonds is 2. The summed E-state index contributed by atoms with van der Waals surface area (Å²) in [5.41, 5.74) is 5.47. The Morgan fingerprint density at radius 3 is 2.05 bits per heavy atom. The fraction of sp³-hybridized carbons (Fsp3) is 0.400. The van der Waals surface area contributed by atoms with Crippen molar-refractivity contribution in [2.45, 2.75) is 53.9 Å². The first-order valence-electron chi connectivity index (χ1n) is 7.72. The van der Waals surface area contributed by atoms with Crippen LogP contribution in [0.25, 0.3) is 5.57 Å². The fourth-order valence-corrected chi connectivity index (χ4v) is 2.60. The molecule has 0 heterocycles. The predicted octanol–water partition coefficient (Wildman–Crippen LogP) is 6.55. The summed E-state index contributed by atoms with van der Waals surface area (Å²) in [4.78, 5) is 0. The summed E-state index contributed by atoms with van der Waals surface area (Å²) in [6, 6.07) is 8.63. The van der Waals surface area contributed by atoms with Crippen LogP contribution in [0.1, 0.15) is 59.6 Å². The third-order valence-corrected chi connectivity index (χ3v) is 3.39. The van der Waals surface area contributed by atoms with Crippen LogP contribution in [0.3, 0.4) is 0 Å². The Labute approximate surface area is 125 Å². The molecule has 0 spiro atoms. The second-order valence-electron chi connectivity index (χ2n) is 4.70. The molecule has 0 aromatic heterocycles. The van der Waals surface area contributed by atoms with E-state index in [0.717, 1.165) is 0 Å². The summed E-state index contributed by atoms with van der Waals surface area (Å²) < 4.78 is 0. The highest BCUT2D eigenvalue weighted by Gasteiger charge is 2.34. The van der Waals surface area contributed by atoms with Crippen LogP contribution in [0, 0.1) is 0 Å². The van der Waals surface area contributed by atoms with Crippen LogP contribution in [0.5, 0.6) is 0 Å². The van der Waals surface area contributed by atoms with Crippen LogP contribution in [0.2, 0.25) is 0 Å². The number of allylic oxidation sites excluding steroid dienone is 5. The van der Waals surface area contributed by atoms with Crippen molar-refractivity contribution in [3.63, 3.8) is 0 Å². The molecule has 20 heavy (non-hydrogen) atoms. The Morgan fingerprint density at radius 1 is 1.00 bits per heavy atom. The zero-order valence-electron chi connectivity index (χ0n) is 14.2. The van der Waals surface area contributed by atoms with Crippen LogP contribution in [0.15, 0.2) is 54.6 Å². The molecule has 2 rings (SSSR count). The van der Waals surface area contributed by atoms with Gasteiger partial charge in [0.25, 0.3) is 0 Å². The second-order valence-corrected chi connectivity index (χ2v) is 4.70. The lowest BCUT2D eigenvalue weighted by Crippen LogP contribution is -2.15. The summed E-state index contributed by atoms with van der Waals surface area (Å²) in [6.07, 6.45) is 6.27. The lowest BCUT2D eigenvalue weighted by Gasteiger charge is -2.22. The molecule has 1 aliphatic carbocycles. The summed E-state index contributed by atoms with van der Waals surface area (Å²) >= 11 is 0. The average molecular weight is 270 g/mol. The minimum atomic E-state index is 0.0766. The standard InChI is InChI=1S/C16H18.2C2H6/c1-5-9-12-13-10-7-8-11-15(13)16(3,4)14(12)6-2;2*1-2/h5-11H,2H2,1,3-4H3;2*1-2H3/b9-5-;;. The average Bonchev–Trinajstić information content (AvgIpc) is 2.72. The fourth-order valence-electron chi connectivity index (χ4n) is 2.60. The molecule has 0 fully saturated rings. The molecule has 0 saturated carbocycles. The lowest BCUT2D eigenvalue weighted by atomic mass is 9.81. The molecule has 110 valence electrons. The maximum absolute atomic E-state index is 3.96. The van der Waals surface area contributed by atoms with Crippen molar-refractivity contribution in [3.8, 4) is 0 Å². The van der Waals surface area contributed by atoms with E-state index in [9.17, 15) is 0 Å². The van der Waals surface area contributed by atoms with E-state index >= 15 is 0 Å². The first-order valence-corrected chi connectivity index (χ1v) is 7.72. The Balaban J connectivity index is 0.000000829. The maximum Gasteiger partial charge on any atom is 0.0158 e. The Kier molecular flexibility index (Phi) is 7.91. The van der Waals surface area contributed by atoms with E-state index in [1.54, 1.807) is 0 Å². The van der Waals surface area contributed by atoms with Crippen LogP contribution in [0.4, 0.5) is 0 Å². The molecular weight excluding hydrogens is 240 g/mol. The van der Waals surface area contributed by atoms with Crippen LogP contribution < -0.4 is 0 Å². The number of hydrogen-bond donors (Lipinski definition) is 0. The maximum atomic E-state index is 3.96. The minimum Gasteiger partial charge on any atom is -0.0987 e. The predicted molar refractivity (Wildman–Crippen MR) is 94.1 cm³/mol. The molecule has 0 saturated heterocycles. The first-order chi connectivity index (χ1) is 9.62. The quantitative estimate of drug-likeness (QED) is 0.572.